The van der Waals surface area contributed by atoms with Crippen molar-refractivity contribution in [2.24, 2.45) is 10.3 Å². The molecule has 244 valence electrons. The zero-order valence-corrected chi connectivity index (χ0v) is 26.3. The molecule has 3 aliphatic rings. The predicted octanol–water partition coefficient (Wildman–Crippen LogP) is 1.44. The number of nitrogens with two attached hydrogens (primary N) is 2. The lowest BCUT2D eigenvalue weighted by Crippen LogP contribution is -2.62. The summed E-state index contributed by atoms with van der Waals surface area (Å²) in [6.07, 6.45) is 4.31. The fourth-order valence-electron chi connectivity index (χ4n) is 5.52. The van der Waals surface area contributed by atoms with E-state index in [1.54, 1.807) is 0 Å². The summed E-state index contributed by atoms with van der Waals surface area (Å²) in [5.41, 5.74) is -0.510. The first-order chi connectivity index (χ1) is 21.3. The molecule has 2 aromatic carbocycles. The number of primary sulfonamides is 2. The van der Waals surface area contributed by atoms with Crippen molar-refractivity contribution in [1.29, 1.82) is 0 Å². The molecule has 0 saturated carbocycles. The third kappa shape index (κ3) is 6.62. The number of sulfonamides is 2. The molecule has 14 nitrogen and oxygen atoms in total. The molecule has 0 aromatic heterocycles. The van der Waals surface area contributed by atoms with Crippen molar-refractivity contribution < 1.29 is 50.1 Å². The number of carbonyl (C=O) groups is 1. The highest BCUT2D eigenvalue weighted by Crippen LogP contribution is 2.44. The third-order valence-electron chi connectivity index (χ3n) is 7.65. The van der Waals surface area contributed by atoms with E-state index in [2.05, 4.69) is 0 Å². The number of hydrogen-bond donors (Lipinski definition) is 2. The highest BCUT2D eigenvalue weighted by molar-refractivity contribution is 7.89. The summed E-state index contributed by atoms with van der Waals surface area (Å²) < 4.78 is 86.6. The molecule has 0 bridgehead atoms. The van der Waals surface area contributed by atoms with Crippen LogP contribution in [0.25, 0.3) is 0 Å². The van der Waals surface area contributed by atoms with Crippen molar-refractivity contribution in [2.75, 3.05) is 45.5 Å². The molecular weight excluding hydrogens is 630 g/mol. The molecule has 2 heterocycles. The van der Waals surface area contributed by atoms with Crippen LogP contribution < -0.4 is 15.2 Å². The Morgan fingerprint density at radius 2 is 1.27 bits per heavy atom. The second-order valence-electron chi connectivity index (χ2n) is 10.5. The molecule has 1 amide bonds. The topological polar surface area (TPSA) is 196 Å². The van der Waals surface area contributed by atoms with Gasteiger partial charge in [0.05, 0.1) is 36.8 Å². The summed E-state index contributed by atoms with van der Waals surface area (Å²) in [6.45, 7) is 1.36. The Morgan fingerprint density at radius 3 is 1.67 bits per heavy atom. The van der Waals surface area contributed by atoms with Crippen molar-refractivity contribution in [3.63, 3.8) is 0 Å². The maximum Gasteiger partial charge on any atom is 0.262 e. The van der Waals surface area contributed by atoms with Crippen LogP contribution in [0, 0.1) is 0 Å². The number of hydrogen-bond acceptors (Lipinski definition) is 11. The molecule has 16 heteroatoms. The van der Waals surface area contributed by atoms with Gasteiger partial charge >= 0.3 is 0 Å². The minimum absolute atomic E-state index is 0.0778. The van der Waals surface area contributed by atoms with Gasteiger partial charge in [0.15, 0.2) is 0 Å². The molecule has 0 radical (unpaired) electrons. The van der Waals surface area contributed by atoms with Gasteiger partial charge < -0.3 is 28.4 Å². The Labute approximate surface area is 261 Å². The first-order valence-corrected chi connectivity index (χ1v) is 17.0. The van der Waals surface area contributed by atoms with Crippen LogP contribution in [0.4, 0.5) is 11.4 Å². The van der Waals surface area contributed by atoms with Crippen LogP contribution in [0.1, 0.15) is 12.8 Å². The minimum atomic E-state index is -4.41. The van der Waals surface area contributed by atoms with Gasteiger partial charge in [-0.25, -0.2) is 27.1 Å². The average Bonchev–Trinajstić information content (AvgIpc) is 3.71. The van der Waals surface area contributed by atoms with Crippen LogP contribution in [0.15, 0.2) is 82.1 Å². The average molecular weight is 666 g/mol. The number of benzene rings is 2. The number of methoxy groups -OCH3 is 2. The number of nitrogens with zero attached hydrogens (tertiary/aromatic N) is 1. The highest BCUT2D eigenvalue weighted by atomic mass is 32.2. The van der Waals surface area contributed by atoms with E-state index in [4.69, 9.17) is 38.7 Å². The normalized spacial score (nSPS) is 24.8. The second kappa shape index (κ2) is 13.0. The first-order valence-electron chi connectivity index (χ1n) is 14.0. The Morgan fingerprint density at radius 1 is 0.800 bits per heavy atom. The molecule has 2 saturated heterocycles. The number of rotatable bonds is 11. The quantitative estimate of drug-likeness (QED) is 0.330. The van der Waals surface area contributed by atoms with Crippen LogP contribution >= 0.6 is 0 Å². The fourth-order valence-corrected chi connectivity index (χ4v) is 6.95. The minimum Gasteiger partial charge on any atom is -0.379 e. The van der Waals surface area contributed by atoms with Gasteiger partial charge in [0, 0.05) is 33.0 Å². The maximum absolute atomic E-state index is 14.7. The lowest BCUT2D eigenvalue weighted by Gasteiger charge is -2.47. The molecule has 2 fully saturated rings. The van der Waals surface area contributed by atoms with Gasteiger partial charge in [0.2, 0.25) is 31.6 Å². The van der Waals surface area contributed by atoms with Crippen molar-refractivity contribution in [2.45, 2.75) is 46.4 Å². The number of amides is 1. The molecule has 4 N–H and O–H groups in total. The van der Waals surface area contributed by atoms with Gasteiger partial charge in [0.1, 0.15) is 9.79 Å². The highest BCUT2D eigenvalue weighted by Gasteiger charge is 2.58. The Kier molecular flexibility index (Phi) is 9.63. The van der Waals surface area contributed by atoms with E-state index in [-0.39, 0.29) is 30.2 Å². The van der Waals surface area contributed by atoms with E-state index < -0.39 is 59.5 Å². The Bertz CT molecular complexity index is 1600. The molecule has 5 rings (SSSR count). The second-order valence-corrected chi connectivity index (χ2v) is 13.6. The lowest BCUT2D eigenvalue weighted by molar-refractivity contribution is -0.378. The van der Waals surface area contributed by atoms with E-state index in [0.29, 0.717) is 26.1 Å². The molecule has 2 atom stereocenters. The predicted molar refractivity (Wildman–Crippen MR) is 160 cm³/mol. The Hall–Kier alpha value is -3.03. The van der Waals surface area contributed by atoms with Gasteiger partial charge in [-0.3, -0.25) is 9.69 Å². The number of carbonyl (C=O) groups excluding carboxylic acids is 1. The number of ether oxygens (including phenoxy) is 6. The summed E-state index contributed by atoms with van der Waals surface area (Å²) in [4.78, 5) is 14.8. The largest absolute Gasteiger partial charge is 0.379 e. The van der Waals surface area contributed by atoms with Crippen molar-refractivity contribution in [3.05, 3.63) is 72.3 Å². The smallest absolute Gasteiger partial charge is 0.262 e. The molecule has 2 aromatic rings. The molecular formula is C29H35N3O11S2. The lowest BCUT2D eigenvalue weighted by atomic mass is 9.93. The summed E-state index contributed by atoms with van der Waals surface area (Å²) in [7, 11) is -6.03. The number of anilines is 2. The summed E-state index contributed by atoms with van der Waals surface area (Å²) >= 11 is 0. The number of para-hydroxylation sites is 2. The molecule has 2 aliphatic heterocycles. The standard InChI is InChI=1S/C29H35N3O11S2/c1-38-28(39-2)14-11-20(17-29(28,42-21-12-15-40-18-21)43-22-13-16-41-19-22)27(33)32(23-7-3-5-9-25(23)44(30,34)35)24-8-4-6-10-26(24)45(31,36)37/h3-11,14,17,21-22H,12-13,15-16,18-19H2,1-2H3,(H2,30,34,35)(H2,31,36,37). The van der Waals surface area contributed by atoms with Gasteiger partial charge in [-0.1, -0.05) is 24.3 Å². The van der Waals surface area contributed by atoms with Gasteiger partial charge in [-0.05, 0) is 55.3 Å². The van der Waals surface area contributed by atoms with Gasteiger partial charge in [0.25, 0.3) is 5.91 Å². The van der Waals surface area contributed by atoms with Gasteiger partial charge in [-0.2, -0.15) is 0 Å². The first kappa shape index (κ1) is 33.3. The molecule has 1 aliphatic carbocycles. The molecule has 45 heavy (non-hydrogen) atoms. The molecule has 2 unspecified atom stereocenters. The van der Waals surface area contributed by atoms with Crippen LogP contribution in [0.5, 0.6) is 0 Å². The summed E-state index contributed by atoms with van der Waals surface area (Å²) in [5, 5.41) is 11.1. The summed E-state index contributed by atoms with van der Waals surface area (Å²) in [5.74, 6) is -4.43. The van der Waals surface area contributed by atoms with Crippen LogP contribution in [0.3, 0.4) is 0 Å². The fraction of sp³-hybridized carbons (Fsp3) is 0.414. The van der Waals surface area contributed by atoms with E-state index in [9.17, 15) is 21.6 Å². The van der Waals surface area contributed by atoms with E-state index in [0.717, 1.165) is 4.90 Å². The van der Waals surface area contributed by atoms with Crippen molar-refractivity contribution >= 4 is 37.3 Å². The molecule has 0 spiro atoms. The van der Waals surface area contributed by atoms with E-state index >= 15 is 0 Å². The van der Waals surface area contributed by atoms with Crippen LogP contribution in [0.2, 0.25) is 0 Å². The van der Waals surface area contributed by atoms with E-state index in [1.807, 2.05) is 0 Å². The van der Waals surface area contributed by atoms with Gasteiger partial charge in [-0.15, -0.1) is 0 Å². The van der Waals surface area contributed by atoms with E-state index in [1.165, 1.54) is 81.0 Å². The Balaban J connectivity index is 1.73. The monoisotopic (exact) mass is 665 g/mol. The van der Waals surface area contributed by atoms with Crippen molar-refractivity contribution in [3.8, 4) is 0 Å². The zero-order chi connectivity index (χ0) is 32.5. The van der Waals surface area contributed by atoms with Crippen LogP contribution in [-0.4, -0.2) is 87.2 Å². The zero-order valence-electron chi connectivity index (χ0n) is 24.7. The van der Waals surface area contributed by atoms with Crippen LogP contribution in [-0.2, 0) is 53.3 Å². The SMILES string of the molecule is COC1(OC)C=CC(C(=O)N(c2ccccc2S(N)(=O)=O)c2ccccc2S(N)(=O)=O)=CC1(OC1CCOC1)OC1CCOC1. The maximum atomic E-state index is 14.7. The van der Waals surface area contributed by atoms with Crippen molar-refractivity contribution in [1.82, 2.24) is 0 Å². The third-order valence-corrected chi connectivity index (χ3v) is 9.57. The summed E-state index contributed by atoms with van der Waals surface area (Å²) in [6, 6.07) is 10.8.